The van der Waals surface area contributed by atoms with Gasteiger partial charge in [0.1, 0.15) is 6.61 Å². The Bertz CT molecular complexity index is 969. The standard InChI is InChI=1S/C25H27N3O3.ClH/c1-19(26)25(30)28(22-13-8-14-27-17-22)23(15-20-9-4-2-5-10-20)16-24(29)31-18-21-11-6-3-7-12-21;/h2-14,17,19,23H,15-16,18,26H2,1H3;1H/t19-,23+;/m0./s1. The summed E-state index contributed by atoms with van der Waals surface area (Å²) in [7, 11) is 0. The van der Waals surface area contributed by atoms with Crippen molar-refractivity contribution in [3.8, 4) is 0 Å². The summed E-state index contributed by atoms with van der Waals surface area (Å²) in [6.45, 7) is 1.82. The molecule has 6 nitrogen and oxygen atoms in total. The summed E-state index contributed by atoms with van der Waals surface area (Å²) in [5.74, 6) is -0.652. The minimum atomic E-state index is -0.723. The van der Waals surface area contributed by atoms with Gasteiger partial charge in [-0.1, -0.05) is 60.7 Å². The Morgan fingerprint density at radius 3 is 2.16 bits per heavy atom. The van der Waals surface area contributed by atoms with Gasteiger partial charge in [-0.2, -0.15) is 0 Å². The lowest BCUT2D eigenvalue weighted by Gasteiger charge is -2.32. The van der Waals surface area contributed by atoms with Crippen LogP contribution in [0.5, 0.6) is 0 Å². The van der Waals surface area contributed by atoms with Crippen LogP contribution in [0.2, 0.25) is 0 Å². The number of nitrogens with zero attached hydrogens (tertiary/aromatic N) is 2. The molecule has 2 N–H and O–H groups in total. The number of rotatable bonds is 9. The zero-order valence-corrected chi connectivity index (χ0v) is 18.8. The van der Waals surface area contributed by atoms with Gasteiger partial charge in [-0.15, -0.1) is 12.4 Å². The smallest absolute Gasteiger partial charge is 0.308 e. The van der Waals surface area contributed by atoms with Crippen molar-refractivity contribution in [2.24, 2.45) is 5.73 Å². The van der Waals surface area contributed by atoms with Gasteiger partial charge < -0.3 is 15.4 Å². The maximum Gasteiger partial charge on any atom is 0.308 e. The Kier molecular flexibility index (Phi) is 9.85. The van der Waals surface area contributed by atoms with E-state index in [4.69, 9.17) is 10.5 Å². The Labute approximate surface area is 194 Å². The molecule has 0 fully saturated rings. The fourth-order valence-corrected chi connectivity index (χ4v) is 3.36. The zero-order valence-electron chi connectivity index (χ0n) is 18.0. The molecule has 0 radical (unpaired) electrons. The van der Waals surface area contributed by atoms with Crippen molar-refractivity contribution in [2.75, 3.05) is 4.90 Å². The quantitative estimate of drug-likeness (QED) is 0.496. The number of benzene rings is 2. The molecule has 2 atom stereocenters. The average molecular weight is 454 g/mol. The molecular formula is C25H28ClN3O3. The van der Waals surface area contributed by atoms with Crippen molar-refractivity contribution in [2.45, 2.75) is 38.5 Å². The second kappa shape index (κ2) is 12.6. The summed E-state index contributed by atoms with van der Waals surface area (Å²) in [4.78, 5) is 31.5. The number of nitrogens with two attached hydrogens (primary N) is 1. The number of ether oxygens (including phenoxy) is 1. The molecule has 1 heterocycles. The number of anilines is 1. The zero-order chi connectivity index (χ0) is 22.1. The molecular weight excluding hydrogens is 426 g/mol. The van der Waals surface area contributed by atoms with E-state index < -0.39 is 12.1 Å². The Balaban J connectivity index is 0.00000363. The SMILES string of the molecule is C[C@H](N)C(=O)N(c1cccnc1)[C@@H](CC(=O)OCc1ccccc1)Cc1ccccc1.Cl. The van der Waals surface area contributed by atoms with Crippen molar-refractivity contribution >= 4 is 30.0 Å². The van der Waals surface area contributed by atoms with Crippen LogP contribution in [0, 0.1) is 0 Å². The summed E-state index contributed by atoms with van der Waals surface area (Å²) in [6.07, 6.45) is 3.76. The molecule has 0 aliphatic heterocycles. The Morgan fingerprint density at radius 2 is 1.59 bits per heavy atom. The molecule has 168 valence electrons. The third kappa shape index (κ3) is 7.18. The average Bonchev–Trinajstić information content (AvgIpc) is 2.80. The van der Waals surface area contributed by atoms with Gasteiger partial charge in [0, 0.05) is 6.20 Å². The first-order valence-electron chi connectivity index (χ1n) is 10.3. The lowest BCUT2D eigenvalue weighted by molar-refractivity contribution is -0.145. The van der Waals surface area contributed by atoms with Gasteiger partial charge in [0.15, 0.2) is 0 Å². The minimum Gasteiger partial charge on any atom is -0.461 e. The fourth-order valence-electron chi connectivity index (χ4n) is 3.36. The summed E-state index contributed by atoms with van der Waals surface area (Å²) < 4.78 is 5.50. The molecule has 0 aliphatic carbocycles. The second-order valence-corrected chi connectivity index (χ2v) is 7.40. The number of amides is 1. The van der Waals surface area contributed by atoms with Crippen LogP contribution in [-0.4, -0.2) is 28.9 Å². The number of esters is 1. The molecule has 1 aromatic heterocycles. The van der Waals surface area contributed by atoms with Gasteiger partial charge in [-0.25, -0.2) is 0 Å². The summed E-state index contributed by atoms with van der Waals surface area (Å²) in [5, 5.41) is 0. The molecule has 3 aromatic rings. The van der Waals surface area contributed by atoms with E-state index in [0.29, 0.717) is 12.1 Å². The molecule has 0 aliphatic rings. The topological polar surface area (TPSA) is 85.5 Å². The van der Waals surface area contributed by atoms with Crippen molar-refractivity contribution in [1.82, 2.24) is 4.98 Å². The van der Waals surface area contributed by atoms with E-state index in [0.717, 1.165) is 11.1 Å². The number of carbonyl (C=O) groups is 2. The van der Waals surface area contributed by atoms with E-state index in [2.05, 4.69) is 4.98 Å². The van der Waals surface area contributed by atoms with Crippen molar-refractivity contribution in [3.63, 3.8) is 0 Å². The first-order valence-corrected chi connectivity index (χ1v) is 10.3. The van der Waals surface area contributed by atoms with Gasteiger partial charge in [-0.05, 0) is 36.6 Å². The van der Waals surface area contributed by atoms with Gasteiger partial charge >= 0.3 is 5.97 Å². The second-order valence-electron chi connectivity index (χ2n) is 7.40. The number of hydrogen-bond acceptors (Lipinski definition) is 5. The van der Waals surface area contributed by atoms with E-state index in [9.17, 15) is 9.59 Å². The molecule has 0 bridgehead atoms. The van der Waals surface area contributed by atoms with E-state index in [1.165, 1.54) is 0 Å². The first-order chi connectivity index (χ1) is 15.0. The highest BCUT2D eigenvalue weighted by Crippen LogP contribution is 2.22. The van der Waals surface area contributed by atoms with Crippen LogP contribution in [0.3, 0.4) is 0 Å². The molecule has 2 aromatic carbocycles. The lowest BCUT2D eigenvalue weighted by atomic mass is 10.00. The highest BCUT2D eigenvalue weighted by molar-refractivity contribution is 5.97. The summed E-state index contributed by atoms with van der Waals surface area (Å²) >= 11 is 0. The number of pyridine rings is 1. The van der Waals surface area contributed by atoms with E-state index in [1.807, 2.05) is 60.7 Å². The molecule has 7 heteroatoms. The van der Waals surface area contributed by atoms with Crippen molar-refractivity contribution in [1.29, 1.82) is 0 Å². The maximum atomic E-state index is 13.1. The molecule has 1 amide bonds. The Morgan fingerprint density at radius 1 is 0.969 bits per heavy atom. The number of carbonyl (C=O) groups excluding carboxylic acids is 2. The third-order valence-electron chi connectivity index (χ3n) is 4.88. The number of aromatic nitrogens is 1. The predicted octanol–water partition coefficient (Wildman–Crippen LogP) is 3.93. The normalized spacial score (nSPS) is 12.2. The molecule has 0 saturated heterocycles. The third-order valence-corrected chi connectivity index (χ3v) is 4.88. The summed E-state index contributed by atoms with van der Waals surface area (Å²) in [6, 6.07) is 21.6. The molecule has 32 heavy (non-hydrogen) atoms. The largest absolute Gasteiger partial charge is 0.461 e. The Hall–Kier alpha value is -3.22. The van der Waals surface area contributed by atoms with Crippen LogP contribution in [0.4, 0.5) is 5.69 Å². The highest BCUT2D eigenvalue weighted by Gasteiger charge is 2.30. The van der Waals surface area contributed by atoms with Gasteiger partial charge in [-0.3, -0.25) is 14.6 Å². The lowest BCUT2D eigenvalue weighted by Crippen LogP contribution is -2.49. The highest BCUT2D eigenvalue weighted by atomic mass is 35.5. The minimum absolute atomic E-state index is 0. The first kappa shape index (κ1) is 25.0. The molecule has 0 unspecified atom stereocenters. The van der Waals surface area contributed by atoms with Crippen LogP contribution in [0.25, 0.3) is 0 Å². The van der Waals surface area contributed by atoms with Gasteiger partial charge in [0.2, 0.25) is 5.91 Å². The monoisotopic (exact) mass is 453 g/mol. The van der Waals surface area contributed by atoms with Crippen LogP contribution >= 0.6 is 12.4 Å². The van der Waals surface area contributed by atoms with E-state index in [1.54, 1.807) is 36.4 Å². The molecule has 0 saturated carbocycles. The van der Waals surface area contributed by atoms with Crippen molar-refractivity contribution in [3.05, 3.63) is 96.3 Å². The predicted molar refractivity (Wildman–Crippen MR) is 127 cm³/mol. The summed E-state index contributed by atoms with van der Waals surface area (Å²) in [5.41, 5.74) is 8.46. The van der Waals surface area contributed by atoms with Gasteiger partial charge in [0.05, 0.1) is 30.4 Å². The fraction of sp³-hybridized carbons (Fsp3) is 0.240. The van der Waals surface area contributed by atoms with Crippen LogP contribution < -0.4 is 10.6 Å². The van der Waals surface area contributed by atoms with E-state index >= 15 is 0 Å². The van der Waals surface area contributed by atoms with Crippen LogP contribution in [0.1, 0.15) is 24.5 Å². The van der Waals surface area contributed by atoms with Gasteiger partial charge in [0.25, 0.3) is 0 Å². The maximum absolute atomic E-state index is 13.1. The van der Waals surface area contributed by atoms with E-state index in [-0.39, 0.29) is 37.3 Å². The van der Waals surface area contributed by atoms with Crippen molar-refractivity contribution < 1.29 is 14.3 Å². The van der Waals surface area contributed by atoms with Crippen LogP contribution in [-0.2, 0) is 27.4 Å². The molecule has 3 rings (SSSR count). The molecule has 0 spiro atoms. The number of hydrogen-bond donors (Lipinski definition) is 1. The number of halogens is 1. The van der Waals surface area contributed by atoms with Crippen LogP contribution in [0.15, 0.2) is 85.2 Å².